The normalized spacial score (nSPS) is 14.8. The van der Waals surface area contributed by atoms with Crippen LogP contribution in [0.2, 0.25) is 0 Å². The van der Waals surface area contributed by atoms with Gasteiger partial charge in [-0.15, -0.1) is 0 Å². The molecule has 0 saturated heterocycles. The van der Waals surface area contributed by atoms with Gasteiger partial charge in [0.05, 0.1) is 25.8 Å². The zero-order valence-corrected chi connectivity index (χ0v) is 21.8. The maximum Gasteiger partial charge on any atom is 0.247 e. The monoisotopic (exact) mass is 513 g/mol. The minimum Gasteiger partial charge on any atom is -0.494 e. The molecular weight excluding hydrogens is 478 g/mol. The van der Waals surface area contributed by atoms with E-state index < -0.39 is 6.04 Å². The number of hydrogen-bond acceptors (Lipinski definition) is 4. The van der Waals surface area contributed by atoms with E-state index in [0.717, 1.165) is 53.5 Å². The van der Waals surface area contributed by atoms with Gasteiger partial charge in [-0.2, -0.15) is 0 Å². The molecule has 1 aliphatic rings. The number of para-hydroxylation sites is 1. The molecule has 2 aromatic heterocycles. The number of aromatic amines is 1. The fraction of sp³-hybridized carbons (Fsp3) is 0.355. The number of H-pyrrole nitrogens is 1. The number of ether oxygens (including phenoxy) is 1. The van der Waals surface area contributed by atoms with Gasteiger partial charge in [0.25, 0.3) is 0 Å². The quantitative estimate of drug-likeness (QED) is 0.276. The number of hydrogen-bond donors (Lipinski definition) is 2. The summed E-state index contributed by atoms with van der Waals surface area (Å²) in [7, 11) is 0. The highest BCUT2D eigenvalue weighted by Crippen LogP contribution is 2.29. The van der Waals surface area contributed by atoms with Gasteiger partial charge in [-0.05, 0) is 61.2 Å². The van der Waals surface area contributed by atoms with E-state index >= 15 is 0 Å². The van der Waals surface area contributed by atoms with Gasteiger partial charge in [-0.1, -0.05) is 49.6 Å². The van der Waals surface area contributed by atoms with Gasteiger partial charge in [-0.3, -0.25) is 9.59 Å². The fourth-order valence-corrected chi connectivity index (χ4v) is 5.35. The Hall–Kier alpha value is -4.00. The third kappa shape index (κ3) is 5.93. The summed E-state index contributed by atoms with van der Waals surface area (Å²) in [6.45, 7) is 2.67. The molecule has 5 rings (SSSR count). The lowest BCUT2D eigenvalue weighted by Crippen LogP contribution is -2.47. The third-order valence-corrected chi connectivity index (χ3v) is 7.26. The number of nitrogens with one attached hydrogen (secondary N) is 2. The summed E-state index contributed by atoms with van der Waals surface area (Å²) >= 11 is 0. The molecule has 7 nitrogen and oxygen atoms in total. The second-order valence-corrected chi connectivity index (χ2v) is 9.89. The lowest BCUT2D eigenvalue weighted by molar-refractivity contribution is -0.141. The molecule has 1 saturated carbocycles. The van der Waals surface area contributed by atoms with Crippen molar-refractivity contribution < 1.29 is 18.7 Å². The van der Waals surface area contributed by atoms with Gasteiger partial charge >= 0.3 is 0 Å². The van der Waals surface area contributed by atoms with Crippen LogP contribution in [0.5, 0.6) is 5.75 Å². The van der Waals surface area contributed by atoms with Gasteiger partial charge in [-0.25, -0.2) is 0 Å². The molecule has 2 amide bonds. The minimum atomic E-state index is -0.810. The first-order valence-electron chi connectivity index (χ1n) is 13.5. The van der Waals surface area contributed by atoms with Gasteiger partial charge in [0.2, 0.25) is 11.8 Å². The van der Waals surface area contributed by atoms with Crippen molar-refractivity contribution in [3.05, 3.63) is 90.0 Å². The lowest BCUT2D eigenvalue weighted by atomic mass is 9.94. The van der Waals surface area contributed by atoms with E-state index in [-0.39, 0.29) is 30.8 Å². The van der Waals surface area contributed by atoms with Gasteiger partial charge in [0.1, 0.15) is 17.6 Å². The molecule has 7 heteroatoms. The first-order chi connectivity index (χ1) is 18.6. The van der Waals surface area contributed by atoms with Crippen LogP contribution >= 0.6 is 0 Å². The number of carbonyl (C=O) groups is 2. The van der Waals surface area contributed by atoms with Crippen molar-refractivity contribution in [3.8, 4) is 5.75 Å². The molecule has 0 radical (unpaired) electrons. The average Bonchev–Trinajstić information content (AvgIpc) is 3.60. The second-order valence-electron chi connectivity index (χ2n) is 9.89. The summed E-state index contributed by atoms with van der Waals surface area (Å²) in [6.07, 6.45) is 8.96. The van der Waals surface area contributed by atoms with Gasteiger partial charge in [0.15, 0.2) is 0 Å². The molecule has 38 heavy (non-hydrogen) atoms. The van der Waals surface area contributed by atoms with Crippen LogP contribution < -0.4 is 10.1 Å². The maximum absolute atomic E-state index is 14.0. The number of amides is 2. The minimum absolute atomic E-state index is 0.121. The SMILES string of the molecule is CCOc1ccc(C(C(=O)NC2CCCCC2)N(Cc2ccco2)C(=O)Cc2c[nH]c3ccccc23)cc1. The molecule has 1 fully saturated rings. The Bertz CT molecular complexity index is 1340. The Balaban J connectivity index is 1.49. The summed E-state index contributed by atoms with van der Waals surface area (Å²) in [4.78, 5) is 32.9. The van der Waals surface area contributed by atoms with Gasteiger partial charge < -0.3 is 24.4 Å². The van der Waals surface area contributed by atoms with Crippen LogP contribution in [-0.2, 0) is 22.6 Å². The van der Waals surface area contributed by atoms with Crippen molar-refractivity contribution in [3.63, 3.8) is 0 Å². The zero-order valence-electron chi connectivity index (χ0n) is 21.8. The van der Waals surface area contributed by atoms with E-state index in [1.807, 2.05) is 67.7 Å². The predicted molar refractivity (Wildman–Crippen MR) is 147 cm³/mol. The summed E-state index contributed by atoms with van der Waals surface area (Å²) in [6, 6.07) is 18.3. The van der Waals surface area contributed by atoms with Crippen molar-refractivity contribution >= 4 is 22.7 Å². The highest BCUT2D eigenvalue weighted by atomic mass is 16.5. The number of fused-ring (bicyclic) bond motifs is 1. The van der Waals surface area contributed by atoms with E-state index in [1.165, 1.54) is 6.42 Å². The largest absolute Gasteiger partial charge is 0.494 e. The smallest absolute Gasteiger partial charge is 0.247 e. The van der Waals surface area contributed by atoms with E-state index in [9.17, 15) is 9.59 Å². The molecule has 4 aromatic rings. The topological polar surface area (TPSA) is 87.6 Å². The third-order valence-electron chi connectivity index (χ3n) is 7.26. The average molecular weight is 514 g/mol. The van der Waals surface area contributed by atoms with E-state index in [0.29, 0.717) is 12.4 Å². The number of carbonyl (C=O) groups excluding carboxylic acids is 2. The van der Waals surface area contributed by atoms with E-state index in [2.05, 4.69) is 10.3 Å². The molecule has 2 heterocycles. The Labute approximate surface area is 223 Å². The molecule has 2 aromatic carbocycles. The highest BCUT2D eigenvalue weighted by Gasteiger charge is 2.34. The second kappa shape index (κ2) is 12.0. The zero-order chi connectivity index (χ0) is 26.3. The maximum atomic E-state index is 14.0. The van der Waals surface area contributed by atoms with E-state index in [1.54, 1.807) is 17.2 Å². The number of aromatic nitrogens is 1. The molecule has 2 N–H and O–H groups in total. The molecule has 1 aliphatic carbocycles. The van der Waals surface area contributed by atoms with Crippen molar-refractivity contribution in [1.29, 1.82) is 0 Å². The number of furan rings is 1. The number of rotatable bonds is 10. The first kappa shape index (κ1) is 25.6. The lowest BCUT2D eigenvalue weighted by Gasteiger charge is -2.33. The Kier molecular flexibility index (Phi) is 8.12. The summed E-state index contributed by atoms with van der Waals surface area (Å²) in [5.41, 5.74) is 2.61. The Morgan fingerprint density at radius 3 is 2.58 bits per heavy atom. The van der Waals surface area contributed by atoms with Crippen LogP contribution in [0.4, 0.5) is 0 Å². The summed E-state index contributed by atoms with van der Waals surface area (Å²) in [5, 5.41) is 4.26. The molecule has 198 valence electrons. The van der Waals surface area contributed by atoms with Gasteiger partial charge in [0, 0.05) is 23.1 Å². The molecule has 1 unspecified atom stereocenters. The van der Waals surface area contributed by atoms with Crippen molar-refractivity contribution in [1.82, 2.24) is 15.2 Å². The van der Waals surface area contributed by atoms with Crippen LogP contribution in [-0.4, -0.2) is 34.3 Å². The molecular formula is C31H35N3O4. The highest BCUT2D eigenvalue weighted by molar-refractivity contribution is 5.92. The van der Waals surface area contributed by atoms with Crippen LogP contribution in [0.15, 0.2) is 77.5 Å². The van der Waals surface area contributed by atoms with Crippen molar-refractivity contribution in [2.45, 2.75) is 64.1 Å². The van der Waals surface area contributed by atoms with Crippen molar-refractivity contribution in [2.24, 2.45) is 0 Å². The Morgan fingerprint density at radius 2 is 1.84 bits per heavy atom. The number of benzene rings is 2. The molecule has 0 spiro atoms. The molecule has 0 bridgehead atoms. The summed E-state index contributed by atoms with van der Waals surface area (Å²) in [5.74, 6) is 1.03. The standard InChI is InChI=1S/C31H35N3O4/c1-2-37-25-16-14-22(15-17-25)30(31(36)33-24-9-4-3-5-10-24)34(21-26-11-8-18-38-26)29(35)19-23-20-32-28-13-7-6-12-27(23)28/h6-8,11-18,20,24,30,32H,2-5,9-10,19,21H2,1H3,(H,33,36). The van der Waals surface area contributed by atoms with Crippen LogP contribution in [0.3, 0.4) is 0 Å². The summed E-state index contributed by atoms with van der Waals surface area (Å²) < 4.78 is 11.3. The predicted octanol–water partition coefficient (Wildman–Crippen LogP) is 5.92. The van der Waals surface area contributed by atoms with E-state index in [4.69, 9.17) is 9.15 Å². The van der Waals surface area contributed by atoms with Crippen LogP contribution in [0.25, 0.3) is 10.9 Å². The molecule has 1 atom stereocenters. The molecule has 0 aliphatic heterocycles. The fourth-order valence-electron chi connectivity index (χ4n) is 5.35. The number of nitrogens with zero attached hydrogens (tertiary/aromatic N) is 1. The van der Waals surface area contributed by atoms with Crippen molar-refractivity contribution in [2.75, 3.05) is 6.61 Å². The Morgan fingerprint density at radius 1 is 1.05 bits per heavy atom. The first-order valence-corrected chi connectivity index (χ1v) is 13.5. The van der Waals surface area contributed by atoms with Crippen LogP contribution in [0.1, 0.15) is 62.0 Å². The van der Waals surface area contributed by atoms with Crippen LogP contribution in [0, 0.1) is 0 Å².